The van der Waals surface area contributed by atoms with Crippen LogP contribution in [0.15, 0.2) is 142 Å². The lowest BCUT2D eigenvalue weighted by Gasteiger charge is -2.33. The van der Waals surface area contributed by atoms with Crippen molar-refractivity contribution >= 4 is 117 Å². The summed E-state index contributed by atoms with van der Waals surface area (Å²) in [7, 11) is -5.63. The van der Waals surface area contributed by atoms with Gasteiger partial charge in [0.25, 0.3) is 17.7 Å². The monoisotopic (exact) mass is 1790 g/mol. The second kappa shape index (κ2) is 46.3. The zero-order valence-corrected chi connectivity index (χ0v) is 72.2. The van der Waals surface area contributed by atoms with Gasteiger partial charge in [-0.3, -0.25) is 14.4 Å². The van der Waals surface area contributed by atoms with E-state index in [9.17, 15) is 39.6 Å². The Bertz CT molecular complexity index is 4390. The summed E-state index contributed by atoms with van der Waals surface area (Å²) in [5, 5.41) is 11.5. The minimum absolute atomic E-state index is 0.0324. The van der Waals surface area contributed by atoms with E-state index in [1.54, 1.807) is 72.8 Å². The molecule has 10 rings (SSSR count). The Morgan fingerprint density at radius 1 is 0.325 bits per heavy atom. The van der Waals surface area contributed by atoms with Crippen molar-refractivity contribution in [2.75, 3.05) is 199 Å². The van der Waals surface area contributed by atoms with E-state index < -0.39 is 47.8 Å². The molecule has 36 heteroatoms. The van der Waals surface area contributed by atoms with Crippen molar-refractivity contribution < 1.29 is 82.3 Å². The lowest BCUT2D eigenvalue weighted by atomic mass is 9.85. The summed E-state index contributed by atoms with van der Waals surface area (Å²) in [6.45, 7) is 7.28. The number of likely N-dealkylation sites (N-methyl/N-ethyl adjacent to an activating group) is 3. The van der Waals surface area contributed by atoms with Gasteiger partial charge >= 0.3 is 0 Å². The van der Waals surface area contributed by atoms with Crippen LogP contribution in [0.4, 0.5) is 0 Å². The fraction of sp³-hybridized carbons (Fsp3) is 0.444. The molecule has 3 atom stereocenters. The third-order valence-electron chi connectivity index (χ3n) is 19.4. The Balaban J connectivity index is 0.601. The number of benzene rings is 7. The molecule has 27 nitrogen and oxygen atoms in total. The van der Waals surface area contributed by atoms with Gasteiger partial charge in [0, 0.05) is 143 Å². The van der Waals surface area contributed by atoms with E-state index in [1.165, 1.54) is 18.2 Å². The van der Waals surface area contributed by atoms with Crippen molar-refractivity contribution in [2.45, 2.75) is 52.1 Å². The summed E-state index contributed by atoms with van der Waals surface area (Å²) >= 11 is 38.8. The Morgan fingerprint density at radius 2 is 0.556 bits per heavy atom. The molecule has 3 heterocycles. The molecule has 0 saturated heterocycles. The van der Waals surface area contributed by atoms with Gasteiger partial charge in [0.15, 0.2) is 0 Å². The van der Waals surface area contributed by atoms with Crippen LogP contribution in [-0.2, 0) is 92.3 Å². The molecule has 6 N–H and O–H groups in total. The second-order valence-electron chi connectivity index (χ2n) is 28.1. The highest BCUT2D eigenvalue weighted by molar-refractivity contribution is 7.90. The molecule has 3 amide bonds. The van der Waals surface area contributed by atoms with Crippen molar-refractivity contribution in [1.29, 1.82) is 0 Å². The third-order valence-corrected chi connectivity index (χ3v) is 25.4. The molecule has 0 saturated carbocycles. The summed E-state index contributed by atoms with van der Waals surface area (Å²) in [5.74, 6) is -2.12. The molecule has 117 heavy (non-hydrogen) atoms. The van der Waals surface area contributed by atoms with Gasteiger partial charge in [-0.15, -0.1) is 0 Å². The maximum atomic E-state index is 13.6. The highest BCUT2D eigenvalue weighted by Gasteiger charge is 2.32. The number of fused-ring (bicyclic) bond motifs is 3. The average molecular weight is 1800 g/mol. The summed E-state index contributed by atoms with van der Waals surface area (Å²) in [6, 6.07) is 35.4. The van der Waals surface area contributed by atoms with Crippen LogP contribution in [0.1, 0.15) is 98.9 Å². The van der Waals surface area contributed by atoms with Gasteiger partial charge in [-0.1, -0.05) is 106 Å². The molecule has 7 aromatic rings. The highest BCUT2D eigenvalue weighted by atomic mass is 35.5. The molecule has 7 aromatic carbocycles. The zero-order chi connectivity index (χ0) is 83.5. The van der Waals surface area contributed by atoms with Crippen LogP contribution >= 0.6 is 69.6 Å². The zero-order valence-electron chi connectivity index (χ0n) is 65.3. The van der Waals surface area contributed by atoms with E-state index >= 15 is 0 Å². The van der Waals surface area contributed by atoms with Gasteiger partial charge in [0.05, 0.1) is 134 Å². The van der Waals surface area contributed by atoms with Crippen molar-refractivity contribution in [3.8, 4) is 0 Å². The third kappa shape index (κ3) is 28.2. The average Bonchev–Trinajstić information content (AvgIpc) is 0.781. The van der Waals surface area contributed by atoms with Gasteiger partial charge in [-0.2, -0.15) is 0 Å². The largest absolute Gasteiger partial charge is 0.378 e. The van der Waals surface area contributed by atoms with Crippen molar-refractivity contribution in [3.05, 3.63) is 224 Å². The van der Waals surface area contributed by atoms with Gasteiger partial charge in [-0.25, -0.2) is 39.4 Å². The number of nitrogens with zero attached hydrogens (tertiary/aromatic N) is 3. The number of amides is 3. The first-order valence-corrected chi connectivity index (χ1v) is 44.9. The molecular weight excluding hydrogens is 1700 g/mol. The Kier molecular flexibility index (Phi) is 36.9. The topological polar surface area (TPSA) is 319 Å². The number of sulfonamides is 3. The molecule has 0 spiro atoms. The lowest BCUT2D eigenvalue weighted by Crippen LogP contribution is -2.31. The standard InChI is InChI=1S/C81H99Cl6N9O18S3/c1-94-49-70(67-43-61(82)46-76(85)73(67)52-94)55-7-4-10-64(40-55)115(100,101)91-16-22-109-28-34-112-31-25-106-19-13-88-79(97)58-37-59(80(98)89-14-20-107-26-32-113-35-29-110-23-17-92-116(102,103)65-11-5-8-56(41-65)71-50-95(2)53-74-68(71)44-62(83)47-77(74)86)39-60(38-58)81(99)90-15-21-108-27-33-114-36-30-111-24-18-93-117(104,105)66-12-6-9-57(42-66)72-51-96(3)54-75-69(72)45-63(84)48-78(75)87/h4-12,37-48,70-72,91-93H,13-36,49-54H2,1-3H3,(H,88,97)(H,89,98)(H,90,99). The summed E-state index contributed by atoms with van der Waals surface area (Å²) < 4.78 is 139. The maximum Gasteiger partial charge on any atom is 0.251 e. The number of carbonyl (C=O) groups excluding carboxylic acids is 3. The first-order valence-electron chi connectivity index (χ1n) is 38.2. The highest BCUT2D eigenvalue weighted by Crippen LogP contribution is 2.42. The predicted molar refractivity (Wildman–Crippen MR) is 450 cm³/mol. The molecule has 3 aliphatic heterocycles. The number of hydrogen-bond donors (Lipinski definition) is 6. The number of carbonyl (C=O) groups is 3. The first kappa shape index (κ1) is 93.2. The normalized spacial score (nSPS) is 16.0. The van der Waals surface area contributed by atoms with Crippen LogP contribution in [0.5, 0.6) is 0 Å². The van der Waals surface area contributed by atoms with Crippen LogP contribution in [0, 0.1) is 0 Å². The van der Waals surface area contributed by atoms with Gasteiger partial charge < -0.3 is 73.3 Å². The van der Waals surface area contributed by atoms with Gasteiger partial charge in [-0.05, 0) is 162 Å². The molecule has 0 aromatic heterocycles. The second-order valence-corrected chi connectivity index (χ2v) is 35.9. The molecule has 0 fully saturated rings. The minimum atomic E-state index is -3.86. The summed E-state index contributed by atoms with van der Waals surface area (Å²) in [4.78, 5) is 47.6. The number of rotatable bonds is 48. The predicted octanol–water partition coefficient (Wildman–Crippen LogP) is 9.61. The number of hydrogen-bond acceptors (Lipinski definition) is 21. The van der Waals surface area contributed by atoms with Crippen LogP contribution in [0.3, 0.4) is 0 Å². The minimum Gasteiger partial charge on any atom is -0.378 e. The molecule has 0 aliphatic carbocycles. The summed E-state index contributed by atoms with van der Waals surface area (Å²) in [6.07, 6.45) is 0. The molecule has 3 unspecified atom stereocenters. The lowest BCUT2D eigenvalue weighted by molar-refractivity contribution is 0.0162. The van der Waals surface area contributed by atoms with E-state index in [2.05, 4.69) is 44.8 Å². The number of halogens is 6. The fourth-order valence-electron chi connectivity index (χ4n) is 13.7. The van der Waals surface area contributed by atoms with E-state index in [4.69, 9.17) is 112 Å². The molecule has 0 bridgehead atoms. The SMILES string of the molecule is CN1Cc2c(Cl)cc(Cl)cc2C(c2cccc(S(=O)(=O)NCCOCCOCCOCCNC(=O)c3cc(C(=O)NCCOCCOCCOCCNS(=O)(=O)c4cccc(C5CN(C)Cc6c(Cl)cc(Cl)cc65)c4)cc(C(=O)NCCOCCOCCOCCNS(=O)(=O)c4cccc(C5CN(C)Cc6c(Cl)cc(Cl)cc65)c4)c3)c2)C1. The van der Waals surface area contributed by atoms with E-state index in [0.717, 1.165) is 50.1 Å². The van der Waals surface area contributed by atoms with Gasteiger partial charge in [0.2, 0.25) is 30.1 Å². The maximum absolute atomic E-state index is 13.6. The number of nitrogens with one attached hydrogen (secondary N) is 6. The van der Waals surface area contributed by atoms with E-state index in [-0.39, 0.29) is 207 Å². The van der Waals surface area contributed by atoms with E-state index in [1.807, 2.05) is 57.5 Å². The smallest absolute Gasteiger partial charge is 0.251 e. The van der Waals surface area contributed by atoms with Crippen molar-refractivity contribution in [3.63, 3.8) is 0 Å². The fourth-order valence-corrected chi connectivity index (χ4v) is 18.7. The Hall–Kier alpha value is -6.06. The van der Waals surface area contributed by atoms with E-state index in [0.29, 0.717) is 69.4 Å². The summed E-state index contributed by atoms with van der Waals surface area (Å²) in [5.41, 5.74) is 8.38. The molecule has 3 aliphatic rings. The van der Waals surface area contributed by atoms with Crippen LogP contribution in [0.25, 0.3) is 0 Å². The van der Waals surface area contributed by atoms with Crippen molar-refractivity contribution in [1.82, 2.24) is 44.8 Å². The van der Waals surface area contributed by atoms with Gasteiger partial charge in [0.1, 0.15) is 0 Å². The Labute approximate surface area is 714 Å². The van der Waals surface area contributed by atoms with Crippen LogP contribution < -0.4 is 30.1 Å². The quantitative estimate of drug-likeness (QED) is 0.0193. The first-order chi connectivity index (χ1) is 56.2. The molecular formula is C81H99Cl6N9O18S3. The Morgan fingerprint density at radius 3 is 0.803 bits per heavy atom. The molecule has 0 radical (unpaired) electrons. The number of ether oxygens (including phenoxy) is 9. The van der Waals surface area contributed by atoms with Crippen LogP contribution in [-0.4, -0.2) is 257 Å². The van der Waals surface area contributed by atoms with Crippen LogP contribution in [0.2, 0.25) is 30.1 Å². The molecule has 636 valence electrons. The van der Waals surface area contributed by atoms with Crippen molar-refractivity contribution in [2.24, 2.45) is 0 Å².